The highest BCUT2D eigenvalue weighted by Gasteiger charge is 2.23. The maximum atomic E-state index is 12.4. The summed E-state index contributed by atoms with van der Waals surface area (Å²) in [5.41, 5.74) is 1.17. The Bertz CT molecular complexity index is 715. The highest BCUT2D eigenvalue weighted by Crippen LogP contribution is 2.16. The molecule has 1 N–H and O–H groups in total. The predicted molar refractivity (Wildman–Crippen MR) is 91.4 cm³/mol. The molecule has 0 fully saturated rings. The van der Waals surface area contributed by atoms with Crippen LogP contribution in [0.5, 0.6) is 5.75 Å². The van der Waals surface area contributed by atoms with Gasteiger partial charge >= 0.3 is 5.97 Å². The van der Waals surface area contributed by atoms with Crippen molar-refractivity contribution < 1.29 is 19.1 Å². The molecule has 0 aliphatic rings. The van der Waals surface area contributed by atoms with Crippen LogP contribution >= 0.6 is 11.6 Å². The van der Waals surface area contributed by atoms with Crippen molar-refractivity contribution in [2.45, 2.75) is 12.5 Å². The average Bonchev–Trinajstić information content (AvgIpc) is 2.61. The summed E-state index contributed by atoms with van der Waals surface area (Å²) in [4.78, 5) is 24.4. The number of ether oxygens (including phenoxy) is 2. The molecule has 0 aliphatic heterocycles. The van der Waals surface area contributed by atoms with Crippen molar-refractivity contribution in [3.63, 3.8) is 0 Å². The van der Waals surface area contributed by atoms with Gasteiger partial charge in [-0.2, -0.15) is 0 Å². The zero-order valence-corrected chi connectivity index (χ0v) is 14.2. The molecule has 6 heteroatoms. The molecular weight excluding hydrogens is 330 g/mol. The van der Waals surface area contributed by atoms with Crippen LogP contribution in [0.4, 0.5) is 0 Å². The monoisotopic (exact) mass is 347 g/mol. The molecule has 2 rings (SSSR count). The minimum Gasteiger partial charge on any atom is -0.497 e. The lowest BCUT2D eigenvalue weighted by molar-refractivity contribution is -0.142. The number of hydrogen-bond donors (Lipinski definition) is 1. The van der Waals surface area contributed by atoms with Gasteiger partial charge in [0.1, 0.15) is 11.8 Å². The van der Waals surface area contributed by atoms with Gasteiger partial charge in [-0.3, -0.25) is 4.79 Å². The summed E-state index contributed by atoms with van der Waals surface area (Å²) < 4.78 is 9.89. The van der Waals surface area contributed by atoms with Crippen molar-refractivity contribution in [1.82, 2.24) is 5.32 Å². The van der Waals surface area contributed by atoms with Crippen molar-refractivity contribution >= 4 is 23.5 Å². The van der Waals surface area contributed by atoms with Gasteiger partial charge in [0.05, 0.1) is 24.8 Å². The molecule has 24 heavy (non-hydrogen) atoms. The number of hydrogen-bond acceptors (Lipinski definition) is 4. The zero-order chi connectivity index (χ0) is 17.5. The number of nitrogens with one attached hydrogen (secondary N) is 1. The molecule has 0 heterocycles. The largest absolute Gasteiger partial charge is 0.497 e. The molecule has 0 spiro atoms. The summed E-state index contributed by atoms with van der Waals surface area (Å²) in [5, 5.41) is 3.00. The van der Waals surface area contributed by atoms with Crippen LogP contribution in [-0.4, -0.2) is 32.1 Å². The van der Waals surface area contributed by atoms with Crippen molar-refractivity contribution in [2.75, 3.05) is 14.2 Å². The van der Waals surface area contributed by atoms with Crippen LogP contribution in [0.3, 0.4) is 0 Å². The molecule has 0 saturated heterocycles. The Morgan fingerprint density at radius 3 is 2.33 bits per heavy atom. The molecule has 1 amide bonds. The molecule has 0 radical (unpaired) electrons. The van der Waals surface area contributed by atoms with Crippen molar-refractivity contribution in [3.05, 3.63) is 64.7 Å². The number of carbonyl (C=O) groups excluding carboxylic acids is 2. The number of benzene rings is 2. The molecular formula is C18H18ClNO4. The van der Waals surface area contributed by atoms with Gasteiger partial charge < -0.3 is 14.8 Å². The molecule has 0 unspecified atom stereocenters. The van der Waals surface area contributed by atoms with Crippen LogP contribution in [0.1, 0.15) is 15.9 Å². The second-order valence-corrected chi connectivity index (χ2v) is 5.49. The van der Waals surface area contributed by atoms with E-state index >= 15 is 0 Å². The van der Waals surface area contributed by atoms with E-state index in [2.05, 4.69) is 5.32 Å². The number of carbonyl (C=O) groups is 2. The summed E-state index contributed by atoms with van der Waals surface area (Å²) in [5.74, 6) is -0.232. The smallest absolute Gasteiger partial charge is 0.328 e. The van der Waals surface area contributed by atoms with Gasteiger partial charge in [0, 0.05) is 6.42 Å². The Kier molecular flexibility index (Phi) is 6.21. The summed E-state index contributed by atoms with van der Waals surface area (Å²) >= 11 is 6.02. The van der Waals surface area contributed by atoms with Crippen molar-refractivity contribution in [2.24, 2.45) is 0 Å². The molecule has 1 atom stereocenters. The van der Waals surface area contributed by atoms with Gasteiger partial charge in [0.15, 0.2) is 0 Å². The van der Waals surface area contributed by atoms with Crippen molar-refractivity contribution in [3.8, 4) is 5.75 Å². The summed E-state index contributed by atoms with van der Waals surface area (Å²) in [6.07, 6.45) is 0.298. The second-order valence-electron chi connectivity index (χ2n) is 5.08. The average molecular weight is 348 g/mol. The predicted octanol–water partition coefficient (Wildman–Crippen LogP) is 2.86. The van der Waals surface area contributed by atoms with Crippen LogP contribution in [0.2, 0.25) is 5.02 Å². The maximum Gasteiger partial charge on any atom is 0.328 e. The van der Waals surface area contributed by atoms with Crippen molar-refractivity contribution in [1.29, 1.82) is 0 Å². The van der Waals surface area contributed by atoms with Gasteiger partial charge in [-0.15, -0.1) is 0 Å². The molecule has 0 bridgehead atoms. The summed E-state index contributed by atoms with van der Waals surface area (Å²) in [6, 6.07) is 13.1. The molecule has 5 nitrogen and oxygen atoms in total. The van der Waals surface area contributed by atoms with Crippen LogP contribution in [-0.2, 0) is 16.0 Å². The molecule has 126 valence electrons. The fourth-order valence-corrected chi connectivity index (χ4v) is 2.44. The van der Waals surface area contributed by atoms with Crippen LogP contribution in [0, 0.1) is 0 Å². The highest BCUT2D eigenvalue weighted by molar-refractivity contribution is 6.33. The minimum atomic E-state index is -0.813. The van der Waals surface area contributed by atoms with E-state index in [0.717, 1.165) is 5.56 Å². The number of esters is 1. The molecule has 0 aromatic heterocycles. The molecule has 0 saturated carbocycles. The zero-order valence-electron chi connectivity index (χ0n) is 13.4. The van der Waals surface area contributed by atoms with E-state index in [1.54, 1.807) is 43.5 Å². The number of methoxy groups -OCH3 is 2. The molecule has 2 aromatic rings. The van der Waals surface area contributed by atoms with Gasteiger partial charge in [0.2, 0.25) is 0 Å². The molecule has 2 aromatic carbocycles. The number of amides is 1. The fraction of sp³-hybridized carbons (Fsp3) is 0.222. The van der Waals surface area contributed by atoms with Gasteiger partial charge in [0.25, 0.3) is 5.91 Å². The van der Waals surface area contributed by atoms with E-state index in [9.17, 15) is 9.59 Å². The third-order valence-electron chi connectivity index (χ3n) is 3.51. The Morgan fingerprint density at radius 1 is 1.08 bits per heavy atom. The first kappa shape index (κ1) is 17.8. The Balaban J connectivity index is 2.14. The maximum absolute atomic E-state index is 12.4. The molecule has 0 aliphatic carbocycles. The SMILES string of the molecule is COC(=O)[C@H](Cc1ccc(OC)cc1)NC(=O)c1ccccc1Cl. The van der Waals surface area contributed by atoms with Crippen LogP contribution < -0.4 is 10.1 Å². The lowest BCUT2D eigenvalue weighted by Crippen LogP contribution is -2.43. The first-order valence-corrected chi connectivity index (χ1v) is 7.69. The summed E-state index contributed by atoms with van der Waals surface area (Å²) in [6.45, 7) is 0. The van der Waals surface area contributed by atoms with E-state index in [1.165, 1.54) is 7.11 Å². The minimum absolute atomic E-state index is 0.298. The second kappa shape index (κ2) is 8.36. The number of rotatable bonds is 6. The van der Waals surface area contributed by atoms with Crippen LogP contribution in [0.15, 0.2) is 48.5 Å². The first-order chi connectivity index (χ1) is 11.5. The lowest BCUT2D eigenvalue weighted by Gasteiger charge is -2.17. The quantitative estimate of drug-likeness (QED) is 0.816. The van der Waals surface area contributed by atoms with E-state index in [0.29, 0.717) is 22.8 Å². The normalized spacial score (nSPS) is 11.5. The summed E-state index contributed by atoms with van der Waals surface area (Å²) in [7, 11) is 2.86. The van der Waals surface area contributed by atoms with E-state index in [-0.39, 0.29) is 0 Å². The number of halogens is 1. The topological polar surface area (TPSA) is 64.6 Å². The van der Waals surface area contributed by atoms with E-state index in [4.69, 9.17) is 21.1 Å². The van der Waals surface area contributed by atoms with E-state index < -0.39 is 17.9 Å². The standard InChI is InChI=1S/C18H18ClNO4/c1-23-13-9-7-12(8-10-13)11-16(18(22)24-2)20-17(21)14-5-3-4-6-15(14)19/h3-10,16H,11H2,1-2H3,(H,20,21)/t16-/m0/s1. The first-order valence-electron chi connectivity index (χ1n) is 7.31. The lowest BCUT2D eigenvalue weighted by atomic mass is 10.1. The van der Waals surface area contributed by atoms with Crippen LogP contribution in [0.25, 0.3) is 0 Å². The van der Waals surface area contributed by atoms with E-state index in [1.807, 2.05) is 12.1 Å². The van der Waals surface area contributed by atoms with Gasteiger partial charge in [-0.05, 0) is 29.8 Å². The fourth-order valence-electron chi connectivity index (χ4n) is 2.21. The van der Waals surface area contributed by atoms with Gasteiger partial charge in [-0.25, -0.2) is 4.79 Å². The van der Waals surface area contributed by atoms with Gasteiger partial charge in [-0.1, -0.05) is 35.9 Å². The Hall–Kier alpha value is -2.53. The highest BCUT2D eigenvalue weighted by atomic mass is 35.5. The Labute approximate surface area is 145 Å². The third-order valence-corrected chi connectivity index (χ3v) is 3.84. The Morgan fingerprint density at radius 2 is 1.75 bits per heavy atom. The third kappa shape index (κ3) is 4.49.